The van der Waals surface area contributed by atoms with Crippen LogP contribution < -0.4 is 10.2 Å². The van der Waals surface area contributed by atoms with E-state index < -0.39 is 6.04 Å². The van der Waals surface area contributed by atoms with Gasteiger partial charge in [-0.1, -0.05) is 31.0 Å². The largest absolute Gasteiger partial charge is 0.353 e. The molecule has 2 saturated heterocycles. The first-order valence-corrected chi connectivity index (χ1v) is 9.15. The van der Waals surface area contributed by atoms with E-state index in [0.717, 1.165) is 25.7 Å². The first kappa shape index (κ1) is 16.1. The molecule has 3 aliphatic rings. The number of rotatable bonds is 3. The summed E-state index contributed by atoms with van der Waals surface area (Å²) in [7, 11) is 0. The smallest absolute Gasteiger partial charge is 0.332 e. The Balaban J connectivity index is 1.45. The summed E-state index contributed by atoms with van der Waals surface area (Å²) in [5.41, 5.74) is 0.610. The molecule has 6 nitrogen and oxygen atoms in total. The first-order chi connectivity index (χ1) is 12.1. The average molecular weight is 341 g/mol. The second kappa shape index (κ2) is 6.50. The molecule has 4 rings (SSSR count). The van der Waals surface area contributed by atoms with Crippen molar-refractivity contribution in [2.75, 3.05) is 11.4 Å². The highest BCUT2D eigenvalue weighted by molar-refractivity contribution is 6.21. The van der Waals surface area contributed by atoms with Crippen molar-refractivity contribution in [2.45, 2.75) is 50.6 Å². The molecule has 4 amide bonds. The Bertz CT molecular complexity index is 684. The summed E-state index contributed by atoms with van der Waals surface area (Å²) in [6.07, 6.45) is 5.39. The van der Waals surface area contributed by atoms with Gasteiger partial charge in [0.1, 0.15) is 6.04 Å². The van der Waals surface area contributed by atoms with Gasteiger partial charge >= 0.3 is 6.03 Å². The second-order valence-electron chi connectivity index (χ2n) is 7.21. The van der Waals surface area contributed by atoms with Gasteiger partial charge in [-0.05, 0) is 37.8 Å². The molecule has 6 heteroatoms. The van der Waals surface area contributed by atoms with E-state index in [4.69, 9.17) is 0 Å². The molecular formula is C19H23N3O3. The fraction of sp³-hybridized carbons (Fsp3) is 0.526. The highest BCUT2D eigenvalue weighted by atomic mass is 16.2. The number of carbonyl (C=O) groups excluding carboxylic acids is 3. The number of hydrogen-bond donors (Lipinski definition) is 1. The van der Waals surface area contributed by atoms with E-state index in [9.17, 15) is 14.4 Å². The zero-order chi connectivity index (χ0) is 17.4. The molecule has 132 valence electrons. The maximum Gasteiger partial charge on any atom is 0.332 e. The lowest BCUT2D eigenvalue weighted by Gasteiger charge is -2.33. The molecule has 3 fully saturated rings. The second-order valence-corrected chi connectivity index (χ2v) is 7.21. The van der Waals surface area contributed by atoms with E-state index in [0.29, 0.717) is 25.1 Å². The third-order valence-corrected chi connectivity index (χ3v) is 5.63. The van der Waals surface area contributed by atoms with Gasteiger partial charge in [0, 0.05) is 18.5 Å². The topological polar surface area (TPSA) is 69.7 Å². The number of nitrogens with zero attached hydrogens (tertiary/aromatic N) is 2. The van der Waals surface area contributed by atoms with Gasteiger partial charge in [-0.25, -0.2) is 9.69 Å². The Morgan fingerprint density at radius 2 is 1.76 bits per heavy atom. The molecule has 1 aliphatic carbocycles. The number of benzene rings is 1. The molecule has 1 N–H and O–H groups in total. The van der Waals surface area contributed by atoms with Crippen molar-refractivity contribution in [1.29, 1.82) is 0 Å². The molecule has 2 aliphatic heterocycles. The Labute approximate surface area is 147 Å². The van der Waals surface area contributed by atoms with Gasteiger partial charge in [-0.15, -0.1) is 0 Å². The van der Waals surface area contributed by atoms with Gasteiger partial charge < -0.3 is 10.2 Å². The standard InChI is InChI=1S/C19H23N3O3/c23-17(13-6-4-5-7-13)20-14-10-11-21-16(12-14)18(24)22(19(21)25)15-8-2-1-3-9-15/h1-3,8-9,13-14,16H,4-7,10-12H2,(H,20,23)/t14-,16+/m0/s1. The van der Waals surface area contributed by atoms with E-state index in [1.165, 1.54) is 4.90 Å². The summed E-state index contributed by atoms with van der Waals surface area (Å²) in [5, 5.41) is 3.12. The molecule has 1 aromatic rings. The molecule has 1 saturated carbocycles. The van der Waals surface area contributed by atoms with Gasteiger partial charge in [0.15, 0.2) is 0 Å². The van der Waals surface area contributed by atoms with Crippen molar-refractivity contribution < 1.29 is 14.4 Å². The third kappa shape index (κ3) is 2.90. The Kier molecular flexibility index (Phi) is 4.19. The predicted octanol–water partition coefficient (Wildman–Crippen LogP) is 2.29. The van der Waals surface area contributed by atoms with E-state index in [-0.39, 0.29) is 29.8 Å². The molecule has 0 unspecified atom stereocenters. The number of nitrogens with one attached hydrogen (secondary N) is 1. The van der Waals surface area contributed by atoms with Crippen molar-refractivity contribution in [3.8, 4) is 0 Å². The van der Waals surface area contributed by atoms with E-state index >= 15 is 0 Å². The average Bonchev–Trinajstić information content (AvgIpc) is 3.24. The van der Waals surface area contributed by atoms with Crippen LogP contribution in [0.25, 0.3) is 0 Å². The number of fused-ring (bicyclic) bond motifs is 1. The summed E-state index contributed by atoms with van der Waals surface area (Å²) >= 11 is 0. The fourth-order valence-corrected chi connectivity index (χ4v) is 4.25. The monoisotopic (exact) mass is 341 g/mol. The molecule has 0 bridgehead atoms. The minimum atomic E-state index is -0.463. The number of urea groups is 1. The summed E-state index contributed by atoms with van der Waals surface area (Å²) in [5.74, 6) is 0.0587. The van der Waals surface area contributed by atoms with Gasteiger partial charge in [0.2, 0.25) is 5.91 Å². The molecule has 2 heterocycles. The Hall–Kier alpha value is -2.37. The van der Waals surface area contributed by atoms with Crippen molar-refractivity contribution in [3.05, 3.63) is 30.3 Å². The lowest BCUT2D eigenvalue weighted by molar-refractivity contribution is -0.127. The van der Waals surface area contributed by atoms with Crippen LogP contribution in [0.5, 0.6) is 0 Å². The van der Waals surface area contributed by atoms with Gasteiger partial charge in [0.05, 0.1) is 5.69 Å². The van der Waals surface area contributed by atoms with Crippen LogP contribution in [0.4, 0.5) is 10.5 Å². The lowest BCUT2D eigenvalue weighted by Crippen LogP contribution is -2.50. The lowest BCUT2D eigenvalue weighted by atomic mass is 9.96. The molecule has 0 radical (unpaired) electrons. The zero-order valence-electron chi connectivity index (χ0n) is 14.2. The molecule has 2 atom stereocenters. The van der Waals surface area contributed by atoms with E-state index in [1.54, 1.807) is 17.0 Å². The van der Waals surface area contributed by atoms with Crippen LogP contribution in [0.1, 0.15) is 38.5 Å². The molecular weight excluding hydrogens is 318 g/mol. The van der Waals surface area contributed by atoms with Crippen LogP contribution in [0.15, 0.2) is 30.3 Å². The maximum atomic E-state index is 12.8. The van der Waals surface area contributed by atoms with Crippen molar-refractivity contribution in [2.24, 2.45) is 5.92 Å². The summed E-state index contributed by atoms with van der Waals surface area (Å²) in [4.78, 5) is 40.7. The number of piperidine rings is 1. The van der Waals surface area contributed by atoms with E-state index in [2.05, 4.69) is 5.32 Å². The molecule has 0 aromatic heterocycles. The molecule has 25 heavy (non-hydrogen) atoms. The number of para-hydroxylation sites is 1. The van der Waals surface area contributed by atoms with Crippen LogP contribution >= 0.6 is 0 Å². The zero-order valence-corrected chi connectivity index (χ0v) is 14.2. The summed E-state index contributed by atoms with van der Waals surface area (Å²) < 4.78 is 0. The van der Waals surface area contributed by atoms with E-state index in [1.807, 2.05) is 18.2 Å². The normalized spacial score (nSPS) is 26.9. The van der Waals surface area contributed by atoms with Crippen molar-refractivity contribution >= 4 is 23.5 Å². The number of carbonyl (C=O) groups is 3. The van der Waals surface area contributed by atoms with Crippen LogP contribution in [0.2, 0.25) is 0 Å². The van der Waals surface area contributed by atoms with Crippen molar-refractivity contribution in [3.63, 3.8) is 0 Å². The van der Waals surface area contributed by atoms with Crippen LogP contribution in [0, 0.1) is 5.92 Å². The third-order valence-electron chi connectivity index (χ3n) is 5.63. The molecule has 1 aromatic carbocycles. The Morgan fingerprint density at radius 3 is 2.48 bits per heavy atom. The van der Waals surface area contributed by atoms with Crippen LogP contribution in [-0.2, 0) is 9.59 Å². The predicted molar refractivity (Wildman–Crippen MR) is 92.9 cm³/mol. The summed E-state index contributed by atoms with van der Waals surface area (Å²) in [6, 6.07) is 8.30. The minimum absolute atomic E-state index is 0.0261. The highest BCUT2D eigenvalue weighted by Gasteiger charge is 2.48. The quantitative estimate of drug-likeness (QED) is 0.858. The Morgan fingerprint density at radius 1 is 1.04 bits per heavy atom. The van der Waals surface area contributed by atoms with Gasteiger partial charge in [-0.3, -0.25) is 9.59 Å². The maximum absolute atomic E-state index is 12.8. The van der Waals surface area contributed by atoms with Gasteiger partial charge in [0.25, 0.3) is 5.91 Å². The number of hydrogen-bond acceptors (Lipinski definition) is 3. The number of anilines is 1. The molecule has 0 spiro atoms. The van der Waals surface area contributed by atoms with Gasteiger partial charge in [-0.2, -0.15) is 0 Å². The van der Waals surface area contributed by atoms with Crippen LogP contribution in [-0.4, -0.2) is 41.4 Å². The SMILES string of the molecule is O=C(N[C@H]1CCN2C(=O)N(c3ccccc3)C(=O)[C@H]2C1)C1CCCC1. The highest BCUT2D eigenvalue weighted by Crippen LogP contribution is 2.31. The first-order valence-electron chi connectivity index (χ1n) is 9.15. The summed E-state index contributed by atoms with van der Waals surface area (Å²) in [6.45, 7) is 0.508. The van der Waals surface area contributed by atoms with Crippen molar-refractivity contribution in [1.82, 2.24) is 10.2 Å². The number of imide groups is 1. The minimum Gasteiger partial charge on any atom is -0.353 e. The number of amides is 4. The fourth-order valence-electron chi connectivity index (χ4n) is 4.25. The van der Waals surface area contributed by atoms with Crippen LogP contribution in [0.3, 0.4) is 0 Å².